The van der Waals surface area contributed by atoms with Crippen molar-refractivity contribution in [3.63, 3.8) is 0 Å². The van der Waals surface area contributed by atoms with Crippen LogP contribution in [0.3, 0.4) is 0 Å². The second-order valence-electron chi connectivity index (χ2n) is 3.59. The van der Waals surface area contributed by atoms with Gasteiger partial charge in [0.2, 0.25) is 0 Å². The number of rotatable bonds is 3. The zero-order valence-corrected chi connectivity index (χ0v) is 9.42. The number of carboxylic acid groups (broad SMARTS) is 1. The van der Waals surface area contributed by atoms with Gasteiger partial charge in [-0.05, 0) is 24.6 Å². The highest BCUT2D eigenvalue weighted by Gasteiger charge is 2.13. The van der Waals surface area contributed by atoms with Gasteiger partial charge in [0.1, 0.15) is 11.3 Å². The first kappa shape index (κ1) is 12.0. The van der Waals surface area contributed by atoms with Crippen LogP contribution in [-0.2, 0) is 0 Å². The Morgan fingerprint density at radius 1 is 1.33 bits per heavy atom. The highest BCUT2D eigenvalue weighted by Crippen LogP contribution is 2.24. The van der Waals surface area contributed by atoms with Gasteiger partial charge in [-0.2, -0.15) is 0 Å². The molecule has 0 fully saturated rings. The van der Waals surface area contributed by atoms with Crippen molar-refractivity contribution in [1.82, 2.24) is 9.97 Å². The molecule has 0 aliphatic heterocycles. The van der Waals surface area contributed by atoms with E-state index in [0.29, 0.717) is 0 Å². The third-order valence-corrected chi connectivity index (χ3v) is 2.17. The van der Waals surface area contributed by atoms with Crippen LogP contribution < -0.4 is 4.74 Å². The van der Waals surface area contributed by atoms with Crippen molar-refractivity contribution in [2.45, 2.75) is 6.92 Å². The monoisotopic (exact) mass is 248 g/mol. The first-order valence-electron chi connectivity index (χ1n) is 5.05. The Labute approximate surface area is 102 Å². The lowest BCUT2D eigenvalue weighted by Gasteiger charge is -2.07. The maximum Gasteiger partial charge on any atom is 0.339 e. The van der Waals surface area contributed by atoms with Crippen molar-refractivity contribution in [1.29, 1.82) is 0 Å². The van der Waals surface area contributed by atoms with E-state index >= 15 is 0 Å². The molecular formula is C12H9FN2O3. The van der Waals surface area contributed by atoms with Crippen molar-refractivity contribution < 1.29 is 19.0 Å². The van der Waals surface area contributed by atoms with Crippen LogP contribution in [0.15, 0.2) is 30.6 Å². The molecule has 6 heteroatoms. The van der Waals surface area contributed by atoms with E-state index < -0.39 is 11.8 Å². The second-order valence-corrected chi connectivity index (χ2v) is 3.59. The van der Waals surface area contributed by atoms with Crippen LogP contribution in [0.1, 0.15) is 15.9 Å². The second kappa shape index (κ2) is 4.79. The molecular weight excluding hydrogens is 239 g/mol. The minimum atomic E-state index is -1.12. The number of carbonyl (C=O) groups is 1. The average molecular weight is 248 g/mol. The summed E-state index contributed by atoms with van der Waals surface area (Å²) in [7, 11) is 0. The number of carboxylic acids is 1. The van der Waals surface area contributed by atoms with Crippen LogP contribution in [0, 0.1) is 12.7 Å². The maximum atomic E-state index is 12.6. The lowest BCUT2D eigenvalue weighted by molar-refractivity contribution is 0.0694. The van der Waals surface area contributed by atoms with Crippen molar-refractivity contribution in [2.75, 3.05) is 0 Å². The van der Waals surface area contributed by atoms with Crippen LogP contribution in [-0.4, -0.2) is 21.0 Å². The molecule has 0 spiro atoms. The van der Waals surface area contributed by atoms with Crippen molar-refractivity contribution >= 4 is 5.97 Å². The number of ether oxygens (including phenoxy) is 1. The molecule has 1 aromatic carbocycles. The molecule has 1 aromatic heterocycles. The summed E-state index contributed by atoms with van der Waals surface area (Å²) in [5.41, 5.74) is 0.825. The van der Waals surface area contributed by atoms with Gasteiger partial charge in [0.25, 0.3) is 0 Å². The fourth-order valence-corrected chi connectivity index (χ4v) is 1.34. The predicted molar refractivity (Wildman–Crippen MR) is 60.2 cm³/mol. The summed E-state index contributed by atoms with van der Waals surface area (Å²) < 4.78 is 17.9. The Morgan fingerprint density at radius 3 is 2.61 bits per heavy atom. The molecule has 1 heterocycles. The summed E-state index contributed by atoms with van der Waals surface area (Å²) in [6.45, 7) is 1.80. The van der Waals surface area contributed by atoms with Gasteiger partial charge < -0.3 is 9.84 Å². The summed E-state index contributed by atoms with van der Waals surface area (Å²) in [5, 5.41) is 9.00. The molecule has 2 aromatic rings. The Kier molecular flexibility index (Phi) is 3.18. The van der Waals surface area contributed by atoms with Gasteiger partial charge >= 0.3 is 12.0 Å². The average Bonchev–Trinajstić information content (AvgIpc) is 2.32. The third-order valence-electron chi connectivity index (χ3n) is 2.17. The van der Waals surface area contributed by atoms with E-state index in [0.717, 1.165) is 18.0 Å². The minimum Gasteiger partial charge on any atom is -0.478 e. The van der Waals surface area contributed by atoms with E-state index in [1.807, 2.05) is 0 Å². The fourth-order valence-electron chi connectivity index (χ4n) is 1.34. The molecule has 1 N–H and O–H groups in total. The van der Waals surface area contributed by atoms with E-state index in [4.69, 9.17) is 9.84 Å². The number of benzene rings is 1. The van der Waals surface area contributed by atoms with Gasteiger partial charge in [0.15, 0.2) is 5.82 Å². The van der Waals surface area contributed by atoms with Crippen LogP contribution >= 0.6 is 0 Å². The van der Waals surface area contributed by atoms with Crippen molar-refractivity contribution in [3.05, 3.63) is 47.5 Å². The zero-order chi connectivity index (χ0) is 13.1. The number of hydrogen-bond acceptors (Lipinski definition) is 4. The quantitative estimate of drug-likeness (QED) is 0.902. The summed E-state index contributed by atoms with van der Waals surface area (Å²) in [4.78, 5) is 18.2. The predicted octanol–water partition coefficient (Wildman–Crippen LogP) is 2.41. The molecule has 0 saturated carbocycles. The molecule has 5 nitrogen and oxygen atoms in total. The molecule has 0 atom stereocenters. The molecule has 0 radical (unpaired) electrons. The SMILES string of the molecule is Cc1ccc(C(=O)O)c(Oc2ncc(F)cn2)c1. The molecule has 0 saturated heterocycles. The molecule has 0 unspecified atom stereocenters. The molecule has 0 bridgehead atoms. The first-order chi connectivity index (χ1) is 8.56. The standard InChI is InChI=1S/C12H9FN2O3/c1-7-2-3-9(11(16)17)10(4-7)18-12-14-5-8(13)6-15-12/h2-6H,1H3,(H,16,17). The van der Waals surface area contributed by atoms with Crippen LogP contribution in [0.5, 0.6) is 11.8 Å². The number of halogens is 1. The molecule has 0 amide bonds. The molecule has 92 valence electrons. The number of aryl methyl sites for hydroxylation is 1. The van der Waals surface area contributed by atoms with Crippen LogP contribution in [0.25, 0.3) is 0 Å². The van der Waals surface area contributed by atoms with E-state index in [1.165, 1.54) is 6.07 Å². The summed E-state index contributed by atoms with van der Waals surface area (Å²) in [6.07, 6.45) is 1.89. The highest BCUT2D eigenvalue weighted by molar-refractivity contribution is 5.91. The molecule has 0 aliphatic rings. The number of aromatic nitrogens is 2. The van der Waals surface area contributed by atoms with E-state index in [2.05, 4.69) is 9.97 Å². The normalized spacial score (nSPS) is 10.1. The van der Waals surface area contributed by atoms with Gasteiger partial charge in [-0.15, -0.1) is 0 Å². The van der Waals surface area contributed by atoms with Crippen LogP contribution in [0.2, 0.25) is 0 Å². The van der Waals surface area contributed by atoms with E-state index in [1.54, 1.807) is 19.1 Å². The Bertz CT molecular complexity index is 584. The topological polar surface area (TPSA) is 72.3 Å². The lowest BCUT2D eigenvalue weighted by Crippen LogP contribution is -2.01. The Hall–Kier alpha value is -2.50. The number of nitrogens with zero attached hydrogens (tertiary/aromatic N) is 2. The summed E-state index contributed by atoms with van der Waals surface area (Å²) >= 11 is 0. The largest absolute Gasteiger partial charge is 0.478 e. The van der Waals surface area contributed by atoms with Gasteiger partial charge in [-0.25, -0.2) is 19.2 Å². The Morgan fingerprint density at radius 2 is 2.00 bits per heavy atom. The first-order valence-corrected chi connectivity index (χ1v) is 5.05. The van der Waals surface area contributed by atoms with Gasteiger partial charge in [-0.1, -0.05) is 6.07 Å². The van der Waals surface area contributed by atoms with E-state index in [-0.39, 0.29) is 17.3 Å². The smallest absolute Gasteiger partial charge is 0.339 e. The lowest BCUT2D eigenvalue weighted by atomic mass is 10.1. The van der Waals surface area contributed by atoms with Gasteiger partial charge in [0.05, 0.1) is 12.4 Å². The zero-order valence-electron chi connectivity index (χ0n) is 9.42. The van der Waals surface area contributed by atoms with Gasteiger partial charge in [0, 0.05) is 0 Å². The molecule has 18 heavy (non-hydrogen) atoms. The summed E-state index contributed by atoms with van der Waals surface area (Å²) in [6, 6.07) is 4.53. The maximum absolute atomic E-state index is 12.6. The van der Waals surface area contributed by atoms with Gasteiger partial charge in [-0.3, -0.25) is 0 Å². The van der Waals surface area contributed by atoms with Crippen molar-refractivity contribution in [2.24, 2.45) is 0 Å². The Balaban J connectivity index is 2.35. The third kappa shape index (κ3) is 2.60. The number of hydrogen-bond donors (Lipinski definition) is 1. The van der Waals surface area contributed by atoms with Crippen molar-refractivity contribution in [3.8, 4) is 11.8 Å². The molecule has 0 aliphatic carbocycles. The molecule has 2 rings (SSSR count). The highest BCUT2D eigenvalue weighted by atomic mass is 19.1. The van der Waals surface area contributed by atoms with E-state index in [9.17, 15) is 9.18 Å². The summed E-state index contributed by atoms with van der Waals surface area (Å²) in [5.74, 6) is -1.59. The fraction of sp³-hybridized carbons (Fsp3) is 0.0833. The minimum absolute atomic E-state index is 0.00600. The van der Waals surface area contributed by atoms with Crippen LogP contribution in [0.4, 0.5) is 4.39 Å². The number of aromatic carboxylic acids is 1.